The van der Waals surface area contributed by atoms with E-state index in [4.69, 9.17) is 0 Å². The van der Waals surface area contributed by atoms with E-state index in [0.717, 1.165) is 29.5 Å². The van der Waals surface area contributed by atoms with Gasteiger partial charge in [0.15, 0.2) is 0 Å². The van der Waals surface area contributed by atoms with Crippen molar-refractivity contribution < 1.29 is 9.90 Å². The molecule has 6 heteroatoms. The van der Waals surface area contributed by atoms with Crippen LogP contribution in [-0.2, 0) is 0 Å². The molecule has 1 aromatic rings. The monoisotopic (exact) mass is 369 g/mol. The number of nitrogens with one attached hydrogen (secondary N) is 1. The second kappa shape index (κ2) is 6.07. The van der Waals surface area contributed by atoms with Crippen LogP contribution >= 0.6 is 15.9 Å². The Morgan fingerprint density at radius 3 is 2.59 bits per heavy atom. The average Bonchev–Trinajstić information content (AvgIpc) is 3.15. The lowest BCUT2D eigenvalue weighted by Gasteiger charge is -2.39. The fraction of sp³-hybridized carbons (Fsp3) is 0.625. The molecule has 2 rings (SSSR count). The lowest BCUT2D eigenvalue weighted by molar-refractivity contribution is 0.146. The van der Waals surface area contributed by atoms with Crippen LogP contribution in [-0.4, -0.2) is 35.8 Å². The number of pyridine rings is 1. The standard InChI is InChI=1S/C16H24BrN3O2/c1-15(2,3)13(19-14(21)22)16(5-6-16)10-20(4)12-7-11(17)8-18-9-12/h7-9,13,19H,5-6,10H2,1-4H3,(H,21,22). The molecular weight excluding hydrogens is 346 g/mol. The Hall–Kier alpha value is -1.30. The number of anilines is 1. The third-order valence-corrected chi connectivity index (χ3v) is 4.76. The summed E-state index contributed by atoms with van der Waals surface area (Å²) in [6.45, 7) is 7.09. The van der Waals surface area contributed by atoms with Crippen LogP contribution in [0.5, 0.6) is 0 Å². The summed E-state index contributed by atoms with van der Waals surface area (Å²) >= 11 is 3.44. The highest BCUT2D eigenvalue weighted by Crippen LogP contribution is 2.54. The molecule has 0 radical (unpaired) electrons. The number of carboxylic acid groups (broad SMARTS) is 1. The van der Waals surface area contributed by atoms with E-state index in [1.807, 2.05) is 19.3 Å². The van der Waals surface area contributed by atoms with E-state index in [0.29, 0.717) is 0 Å². The van der Waals surface area contributed by atoms with Gasteiger partial charge in [-0.15, -0.1) is 0 Å². The van der Waals surface area contributed by atoms with Gasteiger partial charge in [0.1, 0.15) is 0 Å². The van der Waals surface area contributed by atoms with Crippen molar-refractivity contribution in [1.82, 2.24) is 10.3 Å². The van der Waals surface area contributed by atoms with Crippen molar-refractivity contribution in [2.24, 2.45) is 10.8 Å². The number of amides is 1. The molecule has 0 saturated heterocycles. The SMILES string of the molecule is CN(CC1(C(NC(=O)O)C(C)(C)C)CC1)c1cncc(Br)c1. The summed E-state index contributed by atoms with van der Waals surface area (Å²) < 4.78 is 0.942. The summed E-state index contributed by atoms with van der Waals surface area (Å²) in [5.41, 5.74) is 0.905. The fourth-order valence-corrected chi connectivity index (χ4v) is 3.64. The Morgan fingerprint density at radius 2 is 2.14 bits per heavy atom. The van der Waals surface area contributed by atoms with Crippen molar-refractivity contribution in [1.29, 1.82) is 0 Å². The van der Waals surface area contributed by atoms with Gasteiger partial charge < -0.3 is 15.3 Å². The molecule has 122 valence electrons. The highest BCUT2D eigenvalue weighted by atomic mass is 79.9. The molecule has 0 aliphatic heterocycles. The van der Waals surface area contributed by atoms with Gasteiger partial charge in [-0.1, -0.05) is 20.8 Å². The molecule has 1 amide bonds. The number of rotatable bonds is 5. The first-order chi connectivity index (χ1) is 10.1. The van der Waals surface area contributed by atoms with Gasteiger partial charge in [-0.25, -0.2) is 4.79 Å². The molecule has 22 heavy (non-hydrogen) atoms. The Labute approximate surface area is 140 Å². The summed E-state index contributed by atoms with van der Waals surface area (Å²) in [5, 5.41) is 11.9. The maximum absolute atomic E-state index is 11.2. The van der Waals surface area contributed by atoms with Crippen molar-refractivity contribution >= 4 is 27.7 Å². The first-order valence-corrected chi connectivity index (χ1v) is 8.24. The number of nitrogens with zero attached hydrogens (tertiary/aromatic N) is 2. The van der Waals surface area contributed by atoms with Crippen molar-refractivity contribution in [3.05, 3.63) is 22.9 Å². The van der Waals surface area contributed by atoms with Gasteiger partial charge in [0.2, 0.25) is 0 Å². The predicted octanol–water partition coefficient (Wildman–Crippen LogP) is 3.74. The van der Waals surface area contributed by atoms with Gasteiger partial charge >= 0.3 is 6.09 Å². The minimum Gasteiger partial charge on any atom is -0.465 e. The van der Waals surface area contributed by atoms with E-state index in [2.05, 4.69) is 51.9 Å². The largest absolute Gasteiger partial charge is 0.465 e. The van der Waals surface area contributed by atoms with Crippen LogP contribution < -0.4 is 10.2 Å². The third kappa shape index (κ3) is 3.91. The van der Waals surface area contributed by atoms with Crippen molar-refractivity contribution in [3.8, 4) is 0 Å². The second-order valence-electron chi connectivity index (χ2n) is 7.33. The van der Waals surface area contributed by atoms with Crippen molar-refractivity contribution in [3.63, 3.8) is 0 Å². The Kier molecular flexibility index (Phi) is 4.70. The lowest BCUT2D eigenvalue weighted by atomic mass is 9.76. The zero-order valence-electron chi connectivity index (χ0n) is 13.6. The second-order valence-corrected chi connectivity index (χ2v) is 8.24. The Bertz CT molecular complexity index is 553. The number of hydrogen-bond donors (Lipinski definition) is 2. The maximum Gasteiger partial charge on any atom is 0.404 e. The highest BCUT2D eigenvalue weighted by Gasteiger charge is 2.54. The first-order valence-electron chi connectivity index (χ1n) is 7.45. The van der Waals surface area contributed by atoms with Crippen molar-refractivity contribution in [2.75, 3.05) is 18.5 Å². The van der Waals surface area contributed by atoms with E-state index >= 15 is 0 Å². The quantitative estimate of drug-likeness (QED) is 0.829. The van der Waals surface area contributed by atoms with E-state index in [1.54, 1.807) is 6.20 Å². The normalized spacial score (nSPS) is 17.7. The summed E-state index contributed by atoms with van der Waals surface area (Å²) in [7, 11) is 2.03. The van der Waals surface area contributed by atoms with Crippen LogP contribution in [0.4, 0.5) is 10.5 Å². The van der Waals surface area contributed by atoms with Gasteiger partial charge in [-0.2, -0.15) is 0 Å². The molecule has 2 N–H and O–H groups in total. The van der Waals surface area contributed by atoms with E-state index < -0.39 is 6.09 Å². The van der Waals surface area contributed by atoms with Gasteiger partial charge in [0, 0.05) is 35.7 Å². The Balaban J connectivity index is 2.17. The summed E-state index contributed by atoms with van der Waals surface area (Å²) in [6.07, 6.45) is 4.73. The van der Waals surface area contributed by atoms with Crippen LogP contribution in [0.15, 0.2) is 22.9 Å². The molecule has 1 saturated carbocycles. The van der Waals surface area contributed by atoms with Gasteiger partial charge in [0.25, 0.3) is 0 Å². The molecule has 1 atom stereocenters. The van der Waals surface area contributed by atoms with Gasteiger partial charge in [-0.3, -0.25) is 4.98 Å². The fourth-order valence-electron chi connectivity index (χ4n) is 3.28. The highest BCUT2D eigenvalue weighted by molar-refractivity contribution is 9.10. The van der Waals surface area contributed by atoms with E-state index in [-0.39, 0.29) is 16.9 Å². The molecule has 5 nitrogen and oxygen atoms in total. The lowest BCUT2D eigenvalue weighted by Crippen LogP contribution is -2.52. The van der Waals surface area contributed by atoms with Crippen LogP contribution in [0.3, 0.4) is 0 Å². The summed E-state index contributed by atoms with van der Waals surface area (Å²) in [5.74, 6) is 0. The van der Waals surface area contributed by atoms with Crippen LogP contribution in [0, 0.1) is 10.8 Å². The molecule has 0 spiro atoms. The minimum atomic E-state index is -0.946. The number of aromatic nitrogens is 1. The maximum atomic E-state index is 11.2. The minimum absolute atomic E-state index is 0.00624. The summed E-state index contributed by atoms with van der Waals surface area (Å²) in [6, 6.07) is 1.96. The predicted molar refractivity (Wildman–Crippen MR) is 91.3 cm³/mol. The number of carbonyl (C=O) groups is 1. The zero-order valence-corrected chi connectivity index (χ0v) is 15.1. The van der Waals surface area contributed by atoms with Crippen molar-refractivity contribution in [2.45, 2.75) is 39.7 Å². The van der Waals surface area contributed by atoms with Crippen LogP contribution in [0.2, 0.25) is 0 Å². The average molecular weight is 370 g/mol. The van der Waals surface area contributed by atoms with Gasteiger partial charge in [-0.05, 0) is 40.3 Å². The van der Waals surface area contributed by atoms with Crippen LogP contribution in [0.1, 0.15) is 33.6 Å². The molecule has 1 aliphatic carbocycles. The molecule has 0 aromatic carbocycles. The third-order valence-electron chi connectivity index (χ3n) is 4.32. The molecule has 1 aliphatic rings. The molecule has 1 fully saturated rings. The topological polar surface area (TPSA) is 65.5 Å². The number of hydrogen-bond acceptors (Lipinski definition) is 3. The van der Waals surface area contributed by atoms with Gasteiger partial charge in [0.05, 0.1) is 11.9 Å². The zero-order chi connectivity index (χ0) is 16.5. The molecule has 1 unspecified atom stereocenters. The number of halogens is 1. The first kappa shape index (κ1) is 17.1. The van der Waals surface area contributed by atoms with E-state index in [1.165, 1.54) is 0 Å². The van der Waals surface area contributed by atoms with E-state index in [9.17, 15) is 9.90 Å². The van der Waals surface area contributed by atoms with Crippen LogP contribution in [0.25, 0.3) is 0 Å². The molecule has 1 heterocycles. The molecule has 0 bridgehead atoms. The summed E-state index contributed by atoms with van der Waals surface area (Å²) in [4.78, 5) is 17.5. The Morgan fingerprint density at radius 1 is 1.50 bits per heavy atom. The smallest absolute Gasteiger partial charge is 0.404 e. The molecular formula is C16H24BrN3O2. The molecule has 1 aromatic heterocycles.